The van der Waals surface area contributed by atoms with E-state index >= 15 is 0 Å². The second-order valence-corrected chi connectivity index (χ2v) is 15.0. The summed E-state index contributed by atoms with van der Waals surface area (Å²) in [5, 5.41) is 4.97. The van der Waals surface area contributed by atoms with E-state index in [2.05, 4.69) is 189 Å². The fourth-order valence-electron chi connectivity index (χ4n) is 8.22. The number of hydrogen-bond acceptors (Lipinski definition) is 3. The van der Waals surface area contributed by atoms with Crippen LogP contribution in [0.3, 0.4) is 0 Å². The van der Waals surface area contributed by atoms with Crippen LogP contribution in [0.25, 0.3) is 64.3 Å². The average molecular weight is 671 g/mol. The van der Waals surface area contributed by atoms with Crippen molar-refractivity contribution >= 4 is 59.3 Å². The molecule has 0 aliphatic heterocycles. The molecule has 7 aromatic carbocycles. The standard InChI is InChI=1S/C48H34N2S/c1-48(2)41-20-12-11-19-37(41)39-27-38(33-15-7-4-8-16-33)43(28-42(39)48)50(35-24-21-32(22-25-35)31-13-5-3-6-14-31)44-30-49-29-40-46-36-18-10-9-17-34(36)23-26-45(46)51-47(40)44/h3-30H,1-2H3. The van der Waals surface area contributed by atoms with Crippen LogP contribution in [0.15, 0.2) is 170 Å². The first-order chi connectivity index (χ1) is 25.1. The third-order valence-corrected chi connectivity index (χ3v) is 11.9. The van der Waals surface area contributed by atoms with Gasteiger partial charge in [-0.3, -0.25) is 4.98 Å². The zero-order valence-corrected chi connectivity index (χ0v) is 29.3. The Morgan fingerprint density at radius 2 is 1.20 bits per heavy atom. The maximum Gasteiger partial charge on any atom is 0.0825 e. The molecule has 2 heterocycles. The van der Waals surface area contributed by atoms with Gasteiger partial charge in [0.05, 0.1) is 22.3 Å². The molecule has 0 saturated heterocycles. The number of pyridine rings is 1. The van der Waals surface area contributed by atoms with Crippen molar-refractivity contribution in [3.63, 3.8) is 0 Å². The fourth-order valence-corrected chi connectivity index (χ4v) is 9.41. The highest BCUT2D eigenvalue weighted by Gasteiger charge is 2.37. The van der Waals surface area contributed by atoms with Crippen LogP contribution in [0.4, 0.5) is 17.1 Å². The van der Waals surface area contributed by atoms with E-state index in [1.54, 1.807) is 0 Å². The zero-order valence-electron chi connectivity index (χ0n) is 28.5. The van der Waals surface area contributed by atoms with E-state index in [4.69, 9.17) is 4.98 Å². The minimum atomic E-state index is -0.153. The van der Waals surface area contributed by atoms with E-state index in [-0.39, 0.29) is 5.41 Å². The number of thiophene rings is 1. The van der Waals surface area contributed by atoms with Crippen molar-refractivity contribution in [1.82, 2.24) is 4.98 Å². The third kappa shape index (κ3) is 4.66. The molecule has 3 heteroatoms. The summed E-state index contributed by atoms with van der Waals surface area (Å²) in [6.45, 7) is 4.73. The van der Waals surface area contributed by atoms with Gasteiger partial charge in [-0.1, -0.05) is 141 Å². The highest BCUT2D eigenvalue weighted by atomic mass is 32.1. The molecule has 1 aliphatic carbocycles. The van der Waals surface area contributed by atoms with Crippen molar-refractivity contribution in [2.24, 2.45) is 0 Å². The summed E-state index contributed by atoms with van der Waals surface area (Å²) in [4.78, 5) is 7.44. The van der Waals surface area contributed by atoms with Gasteiger partial charge in [0.1, 0.15) is 0 Å². The van der Waals surface area contributed by atoms with Gasteiger partial charge in [-0.05, 0) is 80.0 Å². The number of rotatable bonds is 5. The van der Waals surface area contributed by atoms with Gasteiger partial charge < -0.3 is 4.90 Å². The molecular formula is C48H34N2S. The fraction of sp³-hybridized carbons (Fsp3) is 0.0625. The first-order valence-corrected chi connectivity index (χ1v) is 18.4. The lowest BCUT2D eigenvalue weighted by molar-refractivity contribution is 0.660. The number of fused-ring (bicyclic) bond motifs is 8. The Kier molecular flexibility index (Phi) is 6.74. The van der Waals surface area contributed by atoms with E-state index in [0.717, 1.165) is 17.1 Å². The largest absolute Gasteiger partial charge is 0.307 e. The van der Waals surface area contributed by atoms with Crippen molar-refractivity contribution in [1.29, 1.82) is 0 Å². The van der Waals surface area contributed by atoms with Gasteiger partial charge in [0.2, 0.25) is 0 Å². The van der Waals surface area contributed by atoms with Crippen molar-refractivity contribution in [2.75, 3.05) is 4.90 Å². The molecule has 0 unspecified atom stereocenters. The lowest BCUT2D eigenvalue weighted by Crippen LogP contribution is -2.17. The first-order valence-electron chi connectivity index (χ1n) is 17.5. The summed E-state index contributed by atoms with van der Waals surface area (Å²) in [6, 6.07) is 57.5. The molecule has 0 N–H and O–H groups in total. The van der Waals surface area contributed by atoms with Crippen LogP contribution < -0.4 is 4.90 Å². The normalized spacial score (nSPS) is 13.1. The van der Waals surface area contributed by atoms with Crippen LogP contribution in [-0.4, -0.2) is 4.98 Å². The molecule has 0 amide bonds. The lowest BCUT2D eigenvalue weighted by atomic mass is 9.81. The number of benzene rings is 7. The molecule has 0 fully saturated rings. The smallest absolute Gasteiger partial charge is 0.0825 e. The quantitative estimate of drug-likeness (QED) is 0.181. The van der Waals surface area contributed by atoms with Crippen LogP contribution in [0.5, 0.6) is 0 Å². The van der Waals surface area contributed by atoms with Crippen LogP contribution in [-0.2, 0) is 5.41 Å². The van der Waals surface area contributed by atoms with Crippen molar-refractivity contribution < 1.29 is 0 Å². The minimum absolute atomic E-state index is 0.153. The van der Waals surface area contributed by atoms with Crippen molar-refractivity contribution in [3.05, 3.63) is 181 Å². The summed E-state index contributed by atoms with van der Waals surface area (Å²) in [5.74, 6) is 0. The van der Waals surface area contributed by atoms with Crippen LogP contribution >= 0.6 is 11.3 Å². The number of hydrogen-bond donors (Lipinski definition) is 0. The molecule has 10 rings (SSSR count). The predicted molar refractivity (Wildman–Crippen MR) is 218 cm³/mol. The second-order valence-electron chi connectivity index (χ2n) is 14.0. The Hall–Kier alpha value is -6.03. The molecule has 2 aromatic heterocycles. The van der Waals surface area contributed by atoms with Crippen LogP contribution in [0.2, 0.25) is 0 Å². The second kappa shape index (κ2) is 11.5. The summed E-state index contributed by atoms with van der Waals surface area (Å²) >= 11 is 1.86. The number of nitrogens with zero attached hydrogens (tertiary/aromatic N) is 2. The van der Waals surface area contributed by atoms with Gasteiger partial charge in [-0.2, -0.15) is 0 Å². The predicted octanol–water partition coefficient (Wildman–Crippen LogP) is 13.7. The zero-order chi connectivity index (χ0) is 34.1. The topological polar surface area (TPSA) is 16.1 Å². The molecule has 0 atom stereocenters. The van der Waals surface area contributed by atoms with Crippen molar-refractivity contribution in [3.8, 4) is 33.4 Å². The Morgan fingerprint density at radius 3 is 2.00 bits per heavy atom. The average Bonchev–Trinajstić information content (AvgIpc) is 3.68. The molecule has 0 saturated carbocycles. The van der Waals surface area contributed by atoms with E-state index < -0.39 is 0 Å². The van der Waals surface area contributed by atoms with E-state index in [0.29, 0.717) is 0 Å². The van der Waals surface area contributed by atoms with Gasteiger partial charge in [0.25, 0.3) is 0 Å². The summed E-state index contributed by atoms with van der Waals surface area (Å²) in [6.07, 6.45) is 4.12. The van der Waals surface area contributed by atoms with Gasteiger partial charge >= 0.3 is 0 Å². The van der Waals surface area contributed by atoms with Crippen molar-refractivity contribution in [2.45, 2.75) is 19.3 Å². The molecule has 1 aliphatic rings. The first kappa shape index (κ1) is 29.8. The van der Waals surface area contributed by atoms with Gasteiger partial charge in [0, 0.05) is 38.3 Å². The Labute approximate surface area is 301 Å². The number of anilines is 3. The molecule has 2 nitrogen and oxygen atoms in total. The SMILES string of the molecule is CC1(C)c2ccccc2-c2cc(-c3ccccc3)c(N(c3ccc(-c4ccccc4)cc3)c3cncc4c3sc3ccc5ccccc5c34)cc21. The molecule has 0 radical (unpaired) electrons. The Morgan fingerprint density at radius 1 is 0.510 bits per heavy atom. The molecule has 9 aromatic rings. The number of aromatic nitrogens is 1. The van der Waals surface area contributed by atoms with Crippen LogP contribution in [0, 0.1) is 0 Å². The molecule has 0 bridgehead atoms. The maximum atomic E-state index is 4.98. The van der Waals surface area contributed by atoms with Gasteiger partial charge in [-0.25, -0.2) is 0 Å². The highest BCUT2D eigenvalue weighted by molar-refractivity contribution is 7.26. The van der Waals surface area contributed by atoms with E-state index in [1.165, 1.54) is 75.5 Å². The van der Waals surface area contributed by atoms with Gasteiger partial charge in [-0.15, -0.1) is 11.3 Å². The summed E-state index contributed by atoms with van der Waals surface area (Å²) in [5.41, 5.74) is 13.3. The minimum Gasteiger partial charge on any atom is -0.307 e. The maximum absolute atomic E-state index is 4.98. The Balaban J connectivity index is 1.28. The monoisotopic (exact) mass is 670 g/mol. The van der Waals surface area contributed by atoms with E-state index in [1.807, 2.05) is 11.3 Å². The third-order valence-electron chi connectivity index (χ3n) is 10.7. The Bertz CT molecular complexity index is 2760. The molecular weight excluding hydrogens is 637 g/mol. The molecule has 0 spiro atoms. The molecule has 51 heavy (non-hydrogen) atoms. The highest BCUT2D eigenvalue weighted by Crippen LogP contribution is 2.54. The molecule has 242 valence electrons. The summed E-state index contributed by atoms with van der Waals surface area (Å²) in [7, 11) is 0. The van der Waals surface area contributed by atoms with E-state index in [9.17, 15) is 0 Å². The van der Waals surface area contributed by atoms with Crippen LogP contribution in [0.1, 0.15) is 25.0 Å². The van der Waals surface area contributed by atoms with Gasteiger partial charge in [0.15, 0.2) is 0 Å². The lowest BCUT2D eigenvalue weighted by Gasteiger charge is -2.30. The summed E-state index contributed by atoms with van der Waals surface area (Å²) < 4.78 is 2.50.